The summed E-state index contributed by atoms with van der Waals surface area (Å²) in [4.78, 5) is 0. The number of benzene rings is 2. The molecule has 0 spiro atoms. The Hall–Kier alpha value is -2.68. The molecule has 0 bridgehead atoms. The fourth-order valence-corrected chi connectivity index (χ4v) is 2.61. The van der Waals surface area contributed by atoms with E-state index in [2.05, 4.69) is 48.0 Å². The topological polar surface area (TPSA) is 23.4 Å². The Labute approximate surface area is 130 Å². The second kappa shape index (κ2) is 5.98. The second-order valence-electron chi connectivity index (χ2n) is 5.12. The van der Waals surface area contributed by atoms with Crippen molar-refractivity contribution in [1.82, 2.24) is 4.57 Å². The van der Waals surface area contributed by atoms with Gasteiger partial charge in [0.2, 0.25) is 0 Å². The molecule has 0 radical (unpaired) electrons. The molecule has 0 aliphatic carbocycles. The molecule has 3 rings (SSSR count). The first-order valence-electron chi connectivity index (χ1n) is 7.17. The average molecular weight is 293 g/mol. The van der Waals surface area contributed by atoms with Gasteiger partial charge in [0.15, 0.2) is 0 Å². The van der Waals surface area contributed by atoms with Crippen LogP contribution >= 0.6 is 0 Å². The Morgan fingerprint density at radius 2 is 0.955 bits per heavy atom. The first-order valence-corrected chi connectivity index (χ1v) is 7.17. The van der Waals surface area contributed by atoms with Crippen molar-refractivity contribution in [3.63, 3.8) is 0 Å². The van der Waals surface area contributed by atoms with Gasteiger partial charge in [-0.1, -0.05) is 0 Å². The second-order valence-corrected chi connectivity index (χ2v) is 5.12. The van der Waals surface area contributed by atoms with E-state index in [1.165, 1.54) is 22.5 Å². The van der Waals surface area contributed by atoms with Crippen LogP contribution in [-0.2, 0) is 7.05 Å². The summed E-state index contributed by atoms with van der Waals surface area (Å²) in [5.74, 6) is 1.74. The molecule has 0 saturated carbocycles. The summed E-state index contributed by atoms with van der Waals surface area (Å²) in [6, 6.07) is 20.5. The zero-order chi connectivity index (χ0) is 15.5. The van der Waals surface area contributed by atoms with Gasteiger partial charge in [0.05, 0.1) is 14.2 Å². The minimum Gasteiger partial charge on any atom is -0.497 e. The van der Waals surface area contributed by atoms with Crippen molar-refractivity contribution < 1.29 is 9.47 Å². The van der Waals surface area contributed by atoms with E-state index in [0.29, 0.717) is 0 Å². The van der Waals surface area contributed by atoms with Crippen LogP contribution in [0.25, 0.3) is 22.5 Å². The average Bonchev–Trinajstić information content (AvgIpc) is 2.96. The van der Waals surface area contributed by atoms with Crippen molar-refractivity contribution >= 4 is 0 Å². The maximum Gasteiger partial charge on any atom is 0.118 e. The van der Waals surface area contributed by atoms with Gasteiger partial charge < -0.3 is 14.0 Å². The molecule has 0 N–H and O–H groups in total. The number of aromatic nitrogens is 1. The molecule has 1 heterocycles. The molecule has 0 unspecified atom stereocenters. The zero-order valence-corrected chi connectivity index (χ0v) is 13.0. The van der Waals surface area contributed by atoms with Gasteiger partial charge in [0.25, 0.3) is 0 Å². The Kier molecular flexibility index (Phi) is 3.88. The Morgan fingerprint density at radius 3 is 1.27 bits per heavy atom. The maximum atomic E-state index is 5.21. The smallest absolute Gasteiger partial charge is 0.118 e. The summed E-state index contributed by atoms with van der Waals surface area (Å²) in [5.41, 5.74) is 4.69. The fourth-order valence-electron chi connectivity index (χ4n) is 2.61. The summed E-state index contributed by atoms with van der Waals surface area (Å²) in [6.45, 7) is 0. The first kappa shape index (κ1) is 14.3. The monoisotopic (exact) mass is 293 g/mol. The molecule has 3 aromatic rings. The van der Waals surface area contributed by atoms with E-state index in [-0.39, 0.29) is 0 Å². The number of methoxy groups -OCH3 is 2. The molecule has 0 fully saturated rings. The van der Waals surface area contributed by atoms with Crippen molar-refractivity contribution in [3.05, 3.63) is 60.7 Å². The lowest BCUT2D eigenvalue weighted by Gasteiger charge is -2.09. The van der Waals surface area contributed by atoms with E-state index >= 15 is 0 Å². The van der Waals surface area contributed by atoms with Crippen molar-refractivity contribution in [2.45, 2.75) is 0 Å². The van der Waals surface area contributed by atoms with E-state index in [0.717, 1.165) is 11.5 Å². The van der Waals surface area contributed by atoms with Crippen LogP contribution in [0, 0.1) is 0 Å². The van der Waals surface area contributed by atoms with Crippen LogP contribution in [0.1, 0.15) is 0 Å². The predicted octanol–water partition coefficient (Wildman–Crippen LogP) is 4.38. The fraction of sp³-hybridized carbons (Fsp3) is 0.158. The SMILES string of the molecule is COc1ccc(-c2ccc(-c3ccc(OC)cc3)n2C)cc1. The number of hydrogen-bond acceptors (Lipinski definition) is 2. The van der Waals surface area contributed by atoms with Gasteiger partial charge in [-0.05, 0) is 71.8 Å². The van der Waals surface area contributed by atoms with Crippen LogP contribution in [0.3, 0.4) is 0 Å². The largest absolute Gasteiger partial charge is 0.497 e. The standard InChI is InChI=1S/C19H19NO2/c1-20-18(14-4-8-16(21-2)9-5-14)12-13-19(20)15-6-10-17(22-3)11-7-15/h4-13H,1-3H3. The molecule has 22 heavy (non-hydrogen) atoms. The predicted molar refractivity (Wildman–Crippen MR) is 89.4 cm³/mol. The van der Waals surface area contributed by atoms with Crippen molar-refractivity contribution in [2.75, 3.05) is 14.2 Å². The van der Waals surface area contributed by atoms with Crippen LogP contribution in [0.15, 0.2) is 60.7 Å². The Bertz CT molecular complexity index is 690. The van der Waals surface area contributed by atoms with Gasteiger partial charge in [0, 0.05) is 18.4 Å². The highest BCUT2D eigenvalue weighted by Crippen LogP contribution is 2.29. The van der Waals surface area contributed by atoms with Gasteiger partial charge in [-0.15, -0.1) is 0 Å². The number of nitrogens with zero attached hydrogens (tertiary/aromatic N) is 1. The lowest BCUT2D eigenvalue weighted by Crippen LogP contribution is -1.95. The molecule has 112 valence electrons. The quantitative estimate of drug-likeness (QED) is 0.713. The van der Waals surface area contributed by atoms with Crippen LogP contribution in [0.4, 0.5) is 0 Å². The minimum absolute atomic E-state index is 0.869. The molecular weight excluding hydrogens is 274 g/mol. The molecule has 0 aliphatic heterocycles. The van der Waals surface area contributed by atoms with Gasteiger partial charge in [0.1, 0.15) is 11.5 Å². The van der Waals surface area contributed by atoms with Gasteiger partial charge in [-0.25, -0.2) is 0 Å². The van der Waals surface area contributed by atoms with Crippen LogP contribution in [-0.4, -0.2) is 18.8 Å². The molecule has 0 amide bonds. The van der Waals surface area contributed by atoms with Crippen molar-refractivity contribution in [1.29, 1.82) is 0 Å². The van der Waals surface area contributed by atoms with Crippen LogP contribution in [0.2, 0.25) is 0 Å². The molecule has 2 aromatic carbocycles. The van der Waals surface area contributed by atoms with E-state index in [4.69, 9.17) is 9.47 Å². The molecule has 3 nitrogen and oxygen atoms in total. The van der Waals surface area contributed by atoms with Gasteiger partial charge >= 0.3 is 0 Å². The lowest BCUT2D eigenvalue weighted by atomic mass is 10.1. The Morgan fingerprint density at radius 1 is 0.591 bits per heavy atom. The zero-order valence-electron chi connectivity index (χ0n) is 13.0. The molecule has 0 aliphatic rings. The van der Waals surface area contributed by atoms with Crippen LogP contribution < -0.4 is 9.47 Å². The first-order chi connectivity index (χ1) is 10.7. The minimum atomic E-state index is 0.869. The Balaban J connectivity index is 1.96. The number of hydrogen-bond donors (Lipinski definition) is 0. The third-order valence-corrected chi connectivity index (χ3v) is 3.89. The molecule has 0 atom stereocenters. The van der Waals surface area contributed by atoms with Crippen molar-refractivity contribution in [3.8, 4) is 34.0 Å². The summed E-state index contributed by atoms with van der Waals surface area (Å²) >= 11 is 0. The molecule has 0 saturated heterocycles. The summed E-state index contributed by atoms with van der Waals surface area (Å²) in [6.07, 6.45) is 0. The number of rotatable bonds is 4. The van der Waals surface area contributed by atoms with Gasteiger partial charge in [-0.3, -0.25) is 0 Å². The third kappa shape index (κ3) is 2.58. The van der Waals surface area contributed by atoms with Crippen LogP contribution in [0.5, 0.6) is 11.5 Å². The molecule has 1 aromatic heterocycles. The summed E-state index contributed by atoms with van der Waals surface area (Å²) in [5, 5.41) is 0. The molecular formula is C19H19NO2. The van der Waals surface area contributed by atoms with Crippen molar-refractivity contribution in [2.24, 2.45) is 7.05 Å². The summed E-state index contributed by atoms with van der Waals surface area (Å²) < 4.78 is 12.6. The van der Waals surface area contributed by atoms with E-state index in [9.17, 15) is 0 Å². The summed E-state index contributed by atoms with van der Waals surface area (Å²) in [7, 11) is 5.44. The number of ether oxygens (including phenoxy) is 2. The highest BCUT2D eigenvalue weighted by atomic mass is 16.5. The highest BCUT2D eigenvalue weighted by molar-refractivity contribution is 5.70. The van der Waals surface area contributed by atoms with E-state index < -0.39 is 0 Å². The maximum absolute atomic E-state index is 5.21. The van der Waals surface area contributed by atoms with E-state index in [1.54, 1.807) is 14.2 Å². The third-order valence-electron chi connectivity index (χ3n) is 3.89. The van der Waals surface area contributed by atoms with Gasteiger partial charge in [-0.2, -0.15) is 0 Å². The highest BCUT2D eigenvalue weighted by Gasteiger charge is 2.09. The normalized spacial score (nSPS) is 10.5. The van der Waals surface area contributed by atoms with E-state index in [1.807, 2.05) is 24.3 Å². The lowest BCUT2D eigenvalue weighted by molar-refractivity contribution is 0.415. The molecule has 3 heteroatoms.